The fourth-order valence-electron chi connectivity index (χ4n) is 2.53. The minimum absolute atomic E-state index is 0.139. The van der Waals surface area contributed by atoms with Crippen molar-refractivity contribution in [2.45, 2.75) is 32.2 Å². The molecule has 0 fully saturated rings. The molecule has 0 bridgehead atoms. The third kappa shape index (κ3) is 2.10. The van der Waals surface area contributed by atoms with Gasteiger partial charge in [0.15, 0.2) is 0 Å². The lowest BCUT2D eigenvalue weighted by atomic mass is 9.98. The molecule has 0 saturated heterocycles. The number of benzene rings is 1. The van der Waals surface area contributed by atoms with E-state index in [4.69, 9.17) is 11.6 Å². The Morgan fingerprint density at radius 3 is 2.61 bits per heavy atom. The third-order valence-electron chi connectivity index (χ3n) is 3.50. The van der Waals surface area contributed by atoms with Gasteiger partial charge in [-0.05, 0) is 43.4 Å². The smallest absolute Gasteiger partial charge is 0.270 e. The molecule has 2 aromatic rings. The maximum Gasteiger partial charge on any atom is 0.270 e. The van der Waals surface area contributed by atoms with Crippen molar-refractivity contribution < 1.29 is 0 Å². The van der Waals surface area contributed by atoms with Crippen LogP contribution in [0.15, 0.2) is 29.1 Å². The second kappa shape index (κ2) is 4.65. The Bertz CT molecular complexity index is 610. The molecule has 18 heavy (non-hydrogen) atoms. The highest BCUT2D eigenvalue weighted by Crippen LogP contribution is 2.16. The number of aromatic amines is 1. The van der Waals surface area contributed by atoms with Crippen molar-refractivity contribution in [2.24, 2.45) is 0 Å². The predicted octanol–water partition coefficient (Wildman–Crippen LogP) is 2.76. The number of rotatable bonds is 2. The van der Waals surface area contributed by atoms with Gasteiger partial charge in [-0.2, -0.15) is 0 Å². The number of hydrogen-bond acceptors (Lipinski definition) is 1. The van der Waals surface area contributed by atoms with E-state index in [9.17, 15) is 4.79 Å². The summed E-state index contributed by atoms with van der Waals surface area (Å²) in [6, 6.07) is 7.61. The largest absolute Gasteiger partial charge is 0.299 e. The molecule has 0 radical (unpaired) electrons. The molecule has 3 rings (SSSR count). The molecule has 94 valence electrons. The van der Waals surface area contributed by atoms with Gasteiger partial charge in [-0.3, -0.25) is 9.89 Å². The SMILES string of the molecule is O=c1c2c([nH]n1Cc1ccc(Cl)cc1)CCCC2. The molecule has 1 aromatic carbocycles. The maximum absolute atomic E-state index is 12.2. The molecule has 4 heteroatoms. The summed E-state index contributed by atoms with van der Waals surface area (Å²) in [5.41, 5.74) is 3.33. The summed E-state index contributed by atoms with van der Waals surface area (Å²) >= 11 is 5.85. The first-order valence-electron chi connectivity index (χ1n) is 6.29. The average Bonchev–Trinajstić information content (AvgIpc) is 2.70. The van der Waals surface area contributed by atoms with Crippen LogP contribution in [0.4, 0.5) is 0 Å². The lowest BCUT2D eigenvalue weighted by molar-refractivity contribution is 0.639. The topological polar surface area (TPSA) is 37.8 Å². The van der Waals surface area contributed by atoms with E-state index in [0.717, 1.165) is 41.1 Å². The van der Waals surface area contributed by atoms with Gasteiger partial charge in [-0.15, -0.1) is 0 Å². The first-order valence-corrected chi connectivity index (χ1v) is 6.67. The fourth-order valence-corrected chi connectivity index (χ4v) is 2.65. The molecule has 1 heterocycles. The Labute approximate surface area is 110 Å². The summed E-state index contributed by atoms with van der Waals surface area (Å²) in [7, 11) is 0. The Kier molecular flexibility index (Phi) is 3.00. The van der Waals surface area contributed by atoms with Crippen molar-refractivity contribution in [1.82, 2.24) is 9.78 Å². The molecule has 0 unspecified atom stereocenters. The highest BCUT2D eigenvalue weighted by atomic mass is 35.5. The second-order valence-electron chi connectivity index (χ2n) is 4.79. The molecule has 0 amide bonds. The van der Waals surface area contributed by atoms with Crippen molar-refractivity contribution in [1.29, 1.82) is 0 Å². The number of hydrogen-bond donors (Lipinski definition) is 1. The minimum atomic E-state index is 0.139. The lowest BCUT2D eigenvalue weighted by Gasteiger charge is -2.07. The van der Waals surface area contributed by atoms with Gasteiger partial charge in [0.25, 0.3) is 5.56 Å². The first kappa shape index (κ1) is 11.6. The lowest BCUT2D eigenvalue weighted by Crippen LogP contribution is -2.20. The molecular formula is C14H15ClN2O. The van der Waals surface area contributed by atoms with E-state index < -0.39 is 0 Å². The quantitative estimate of drug-likeness (QED) is 0.888. The Balaban J connectivity index is 1.91. The van der Waals surface area contributed by atoms with E-state index in [1.165, 1.54) is 6.42 Å². The van der Waals surface area contributed by atoms with Crippen molar-refractivity contribution in [3.05, 3.63) is 56.5 Å². The molecule has 1 N–H and O–H groups in total. The van der Waals surface area contributed by atoms with Crippen LogP contribution in [0.1, 0.15) is 29.7 Å². The Morgan fingerprint density at radius 2 is 1.89 bits per heavy atom. The van der Waals surface area contributed by atoms with Crippen LogP contribution in [0.3, 0.4) is 0 Å². The van der Waals surface area contributed by atoms with Crippen LogP contribution in [0.5, 0.6) is 0 Å². The van der Waals surface area contributed by atoms with Gasteiger partial charge in [0.05, 0.1) is 6.54 Å². The van der Waals surface area contributed by atoms with Crippen LogP contribution >= 0.6 is 11.6 Å². The monoisotopic (exact) mass is 262 g/mol. The van der Waals surface area contributed by atoms with Gasteiger partial charge in [-0.1, -0.05) is 23.7 Å². The normalized spacial score (nSPS) is 14.5. The van der Waals surface area contributed by atoms with Crippen LogP contribution in [0.25, 0.3) is 0 Å². The molecular weight excluding hydrogens is 248 g/mol. The Hall–Kier alpha value is -1.48. The summed E-state index contributed by atoms with van der Waals surface area (Å²) in [5, 5.41) is 3.96. The molecule has 1 aromatic heterocycles. The first-order chi connectivity index (χ1) is 8.74. The summed E-state index contributed by atoms with van der Waals surface area (Å²) in [6.07, 6.45) is 4.21. The van der Waals surface area contributed by atoms with E-state index in [1.807, 2.05) is 24.3 Å². The summed E-state index contributed by atoms with van der Waals surface area (Å²) < 4.78 is 1.71. The van der Waals surface area contributed by atoms with Crippen molar-refractivity contribution in [3.63, 3.8) is 0 Å². The zero-order valence-corrected chi connectivity index (χ0v) is 10.8. The number of nitrogens with zero attached hydrogens (tertiary/aromatic N) is 1. The van der Waals surface area contributed by atoms with Gasteiger partial charge >= 0.3 is 0 Å². The number of nitrogens with one attached hydrogen (secondary N) is 1. The number of aryl methyl sites for hydroxylation is 1. The average molecular weight is 263 g/mol. The zero-order chi connectivity index (χ0) is 12.5. The third-order valence-corrected chi connectivity index (χ3v) is 3.75. The Morgan fingerprint density at radius 1 is 1.17 bits per heavy atom. The van der Waals surface area contributed by atoms with Gasteiger partial charge < -0.3 is 0 Å². The number of halogens is 1. The van der Waals surface area contributed by atoms with Crippen LogP contribution in [-0.2, 0) is 19.4 Å². The second-order valence-corrected chi connectivity index (χ2v) is 5.23. The molecule has 0 aliphatic heterocycles. The predicted molar refractivity (Wildman–Crippen MR) is 72.2 cm³/mol. The van der Waals surface area contributed by atoms with Gasteiger partial charge in [0, 0.05) is 16.3 Å². The van der Waals surface area contributed by atoms with E-state index in [2.05, 4.69) is 5.10 Å². The maximum atomic E-state index is 12.2. The van der Waals surface area contributed by atoms with E-state index in [-0.39, 0.29) is 5.56 Å². The zero-order valence-electron chi connectivity index (χ0n) is 10.1. The van der Waals surface area contributed by atoms with E-state index in [0.29, 0.717) is 6.54 Å². The highest BCUT2D eigenvalue weighted by Gasteiger charge is 2.17. The minimum Gasteiger partial charge on any atom is -0.299 e. The molecule has 3 nitrogen and oxygen atoms in total. The van der Waals surface area contributed by atoms with Gasteiger partial charge in [0.2, 0.25) is 0 Å². The number of aromatic nitrogens is 2. The fraction of sp³-hybridized carbons (Fsp3) is 0.357. The van der Waals surface area contributed by atoms with E-state index >= 15 is 0 Å². The van der Waals surface area contributed by atoms with Crippen molar-refractivity contribution >= 4 is 11.6 Å². The number of H-pyrrole nitrogens is 1. The van der Waals surface area contributed by atoms with Gasteiger partial charge in [-0.25, -0.2) is 4.68 Å². The number of fused-ring (bicyclic) bond motifs is 1. The summed E-state index contributed by atoms with van der Waals surface area (Å²) in [5.74, 6) is 0. The molecule has 0 atom stereocenters. The van der Waals surface area contributed by atoms with E-state index in [1.54, 1.807) is 4.68 Å². The van der Waals surface area contributed by atoms with Crippen LogP contribution in [0, 0.1) is 0 Å². The molecule has 0 saturated carbocycles. The van der Waals surface area contributed by atoms with Crippen molar-refractivity contribution in [3.8, 4) is 0 Å². The molecule has 0 spiro atoms. The van der Waals surface area contributed by atoms with Crippen LogP contribution in [0.2, 0.25) is 5.02 Å². The van der Waals surface area contributed by atoms with Crippen molar-refractivity contribution in [2.75, 3.05) is 0 Å². The standard InChI is InChI=1S/C14H15ClN2O/c15-11-7-5-10(6-8-11)9-17-14(18)12-3-1-2-4-13(12)16-17/h5-8,16H,1-4,9H2. The highest BCUT2D eigenvalue weighted by molar-refractivity contribution is 6.30. The summed E-state index contributed by atoms with van der Waals surface area (Å²) in [6.45, 7) is 0.586. The molecule has 1 aliphatic rings. The molecule has 1 aliphatic carbocycles. The summed E-state index contributed by atoms with van der Waals surface area (Å²) in [4.78, 5) is 12.2. The van der Waals surface area contributed by atoms with Gasteiger partial charge in [0.1, 0.15) is 0 Å². The van der Waals surface area contributed by atoms with Crippen LogP contribution in [-0.4, -0.2) is 9.78 Å². The van der Waals surface area contributed by atoms with Crippen LogP contribution < -0.4 is 5.56 Å².